The average molecular weight is 264 g/mol. The molecule has 1 unspecified atom stereocenters. The van der Waals surface area contributed by atoms with Crippen molar-refractivity contribution in [3.05, 3.63) is 29.1 Å². The number of carbonyl (C=O) groups is 1. The maximum Gasteiger partial charge on any atom is 0.254 e. The van der Waals surface area contributed by atoms with Gasteiger partial charge in [0.2, 0.25) is 0 Å². The largest absolute Gasteiger partial charge is 0.398 e. The van der Waals surface area contributed by atoms with Gasteiger partial charge in [0.1, 0.15) is 5.82 Å². The van der Waals surface area contributed by atoms with Crippen molar-refractivity contribution in [1.82, 2.24) is 4.90 Å². The highest BCUT2D eigenvalue weighted by Gasteiger charge is 2.26. The van der Waals surface area contributed by atoms with E-state index in [0.29, 0.717) is 16.8 Å². The quantitative estimate of drug-likeness (QED) is 0.834. The summed E-state index contributed by atoms with van der Waals surface area (Å²) in [6.07, 6.45) is 4.15. The van der Waals surface area contributed by atoms with Crippen molar-refractivity contribution in [2.45, 2.75) is 45.6 Å². The number of nitrogen functional groups attached to an aromatic ring is 1. The third kappa shape index (κ3) is 2.72. The molecule has 0 aliphatic carbocycles. The van der Waals surface area contributed by atoms with E-state index < -0.39 is 5.82 Å². The number of nitrogens with two attached hydrogens (primary N) is 1. The zero-order valence-electron chi connectivity index (χ0n) is 11.6. The van der Waals surface area contributed by atoms with E-state index in [-0.39, 0.29) is 11.9 Å². The highest BCUT2D eigenvalue weighted by Crippen LogP contribution is 2.24. The number of likely N-dealkylation sites (tertiary alicyclic amines) is 1. The number of amides is 1. The molecule has 19 heavy (non-hydrogen) atoms. The van der Waals surface area contributed by atoms with Crippen LogP contribution in [0.15, 0.2) is 12.1 Å². The molecule has 4 heteroatoms. The van der Waals surface area contributed by atoms with Gasteiger partial charge >= 0.3 is 0 Å². The summed E-state index contributed by atoms with van der Waals surface area (Å²) in [6.45, 7) is 4.46. The van der Waals surface area contributed by atoms with Gasteiger partial charge < -0.3 is 10.6 Å². The molecule has 1 heterocycles. The van der Waals surface area contributed by atoms with Gasteiger partial charge in [-0.05, 0) is 44.7 Å². The van der Waals surface area contributed by atoms with Gasteiger partial charge in [-0.15, -0.1) is 0 Å². The number of nitrogens with zero attached hydrogens (tertiary/aromatic N) is 1. The minimum absolute atomic E-state index is 0.0999. The van der Waals surface area contributed by atoms with Crippen LogP contribution in [-0.2, 0) is 0 Å². The fraction of sp³-hybridized carbons (Fsp3) is 0.533. The first-order chi connectivity index (χ1) is 9.04. The van der Waals surface area contributed by atoms with Gasteiger partial charge in [-0.3, -0.25) is 4.79 Å². The van der Waals surface area contributed by atoms with Gasteiger partial charge in [0.15, 0.2) is 0 Å². The summed E-state index contributed by atoms with van der Waals surface area (Å²) in [4.78, 5) is 14.4. The minimum Gasteiger partial charge on any atom is -0.398 e. The van der Waals surface area contributed by atoms with Gasteiger partial charge in [0.25, 0.3) is 5.91 Å². The third-order valence-corrected chi connectivity index (χ3v) is 3.99. The number of halogens is 1. The molecule has 104 valence electrons. The Labute approximate surface area is 113 Å². The molecule has 1 aromatic carbocycles. The van der Waals surface area contributed by atoms with Crippen LogP contribution in [0.3, 0.4) is 0 Å². The van der Waals surface area contributed by atoms with Crippen LogP contribution in [0.4, 0.5) is 10.1 Å². The Morgan fingerprint density at radius 2 is 2.21 bits per heavy atom. The lowest BCUT2D eigenvalue weighted by Crippen LogP contribution is -2.43. The molecule has 3 nitrogen and oxygen atoms in total. The third-order valence-electron chi connectivity index (χ3n) is 3.99. The molecule has 1 amide bonds. The summed E-state index contributed by atoms with van der Waals surface area (Å²) in [6, 6.07) is 3.16. The first-order valence-electron chi connectivity index (χ1n) is 6.91. The summed E-state index contributed by atoms with van der Waals surface area (Å²) in [5.74, 6) is -0.509. The van der Waals surface area contributed by atoms with Crippen molar-refractivity contribution >= 4 is 11.6 Å². The van der Waals surface area contributed by atoms with Crippen molar-refractivity contribution in [3.63, 3.8) is 0 Å². The second-order valence-corrected chi connectivity index (χ2v) is 5.23. The Kier molecular flexibility index (Phi) is 4.08. The van der Waals surface area contributed by atoms with E-state index in [9.17, 15) is 9.18 Å². The molecule has 0 radical (unpaired) electrons. The van der Waals surface area contributed by atoms with Crippen molar-refractivity contribution < 1.29 is 9.18 Å². The van der Waals surface area contributed by atoms with Crippen LogP contribution in [0.1, 0.15) is 48.5 Å². The number of anilines is 1. The maximum absolute atomic E-state index is 13.7. The molecule has 1 aliphatic rings. The molecule has 1 aromatic rings. The normalized spacial score (nSPS) is 19.5. The topological polar surface area (TPSA) is 46.3 Å². The van der Waals surface area contributed by atoms with Gasteiger partial charge in [0.05, 0.1) is 0 Å². The standard InChI is InChI=1S/C15H21FN2O/c1-3-12-6-4-5-7-18(12)15(19)11-8-13(16)10(2)14(17)9-11/h8-9,12H,3-7,17H2,1-2H3. The number of benzene rings is 1. The molecule has 0 saturated carbocycles. The molecule has 0 spiro atoms. The Hall–Kier alpha value is -1.58. The van der Waals surface area contributed by atoms with E-state index in [4.69, 9.17) is 5.73 Å². The lowest BCUT2D eigenvalue weighted by atomic mass is 9.98. The van der Waals surface area contributed by atoms with Crippen molar-refractivity contribution in [3.8, 4) is 0 Å². The number of hydrogen-bond donors (Lipinski definition) is 1. The monoisotopic (exact) mass is 264 g/mol. The minimum atomic E-state index is -0.409. The van der Waals surface area contributed by atoms with Crippen LogP contribution < -0.4 is 5.73 Å². The van der Waals surface area contributed by atoms with E-state index >= 15 is 0 Å². The summed E-state index contributed by atoms with van der Waals surface area (Å²) < 4.78 is 13.7. The summed E-state index contributed by atoms with van der Waals surface area (Å²) in [5, 5.41) is 0. The SMILES string of the molecule is CCC1CCCCN1C(=O)c1cc(N)c(C)c(F)c1. The van der Waals surface area contributed by atoms with Crippen LogP contribution in [0.25, 0.3) is 0 Å². The molecule has 0 aromatic heterocycles. The smallest absolute Gasteiger partial charge is 0.254 e. The Morgan fingerprint density at radius 3 is 2.84 bits per heavy atom. The van der Waals surface area contributed by atoms with Gasteiger partial charge in [0, 0.05) is 29.4 Å². The predicted molar refractivity (Wildman–Crippen MR) is 74.5 cm³/mol. The van der Waals surface area contributed by atoms with Crippen LogP contribution in [0.5, 0.6) is 0 Å². The zero-order valence-corrected chi connectivity index (χ0v) is 11.6. The summed E-state index contributed by atoms with van der Waals surface area (Å²) >= 11 is 0. The lowest BCUT2D eigenvalue weighted by molar-refractivity contribution is 0.0607. The Balaban J connectivity index is 2.28. The van der Waals surface area contributed by atoms with E-state index in [1.165, 1.54) is 6.07 Å². The molecule has 1 saturated heterocycles. The fourth-order valence-electron chi connectivity index (χ4n) is 2.68. The van der Waals surface area contributed by atoms with Gasteiger partial charge in [-0.25, -0.2) is 4.39 Å². The highest BCUT2D eigenvalue weighted by molar-refractivity contribution is 5.95. The van der Waals surface area contributed by atoms with Gasteiger partial charge in [-0.1, -0.05) is 6.92 Å². The first kappa shape index (κ1) is 13.8. The van der Waals surface area contributed by atoms with Crippen molar-refractivity contribution in [2.75, 3.05) is 12.3 Å². The second kappa shape index (κ2) is 5.59. The average Bonchev–Trinajstić information content (AvgIpc) is 2.43. The number of carbonyl (C=O) groups excluding carboxylic acids is 1. The fourth-order valence-corrected chi connectivity index (χ4v) is 2.68. The van der Waals surface area contributed by atoms with Crippen LogP contribution in [0.2, 0.25) is 0 Å². The summed E-state index contributed by atoms with van der Waals surface area (Å²) in [5.41, 5.74) is 6.85. The number of hydrogen-bond acceptors (Lipinski definition) is 2. The molecule has 1 atom stereocenters. The highest BCUT2D eigenvalue weighted by atomic mass is 19.1. The van der Waals surface area contributed by atoms with E-state index in [2.05, 4.69) is 6.92 Å². The van der Waals surface area contributed by atoms with Gasteiger partial charge in [-0.2, -0.15) is 0 Å². The Bertz CT molecular complexity index is 464. The van der Waals surface area contributed by atoms with Crippen molar-refractivity contribution in [2.24, 2.45) is 0 Å². The van der Waals surface area contributed by atoms with Crippen LogP contribution >= 0.6 is 0 Å². The molecule has 2 N–H and O–H groups in total. The van der Waals surface area contributed by atoms with E-state index in [1.807, 2.05) is 4.90 Å². The predicted octanol–water partition coefficient (Wildman–Crippen LogP) is 3.12. The second-order valence-electron chi connectivity index (χ2n) is 5.23. The zero-order chi connectivity index (χ0) is 14.0. The van der Waals surface area contributed by atoms with E-state index in [1.54, 1.807) is 13.0 Å². The maximum atomic E-state index is 13.7. The first-order valence-corrected chi connectivity index (χ1v) is 6.91. The molecule has 0 bridgehead atoms. The summed E-state index contributed by atoms with van der Waals surface area (Å²) in [7, 11) is 0. The van der Waals surface area contributed by atoms with E-state index in [0.717, 1.165) is 32.2 Å². The number of piperidine rings is 1. The lowest BCUT2D eigenvalue weighted by Gasteiger charge is -2.35. The molecule has 1 aliphatic heterocycles. The number of rotatable bonds is 2. The molecular formula is C15H21FN2O. The van der Waals surface area contributed by atoms with Crippen LogP contribution in [-0.4, -0.2) is 23.4 Å². The molecular weight excluding hydrogens is 243 g/mol. The molecule has 2 rings (SSSR count). The molecule has 1 fully saturated rings. The van der Waals surface area contributed by atoms with Crippen molar-refractivity contribution in [1.29, 1.82) is 0 Å². The Morgan fingerprint density at radius 1 is 1.47 bits per heavy atom. The van der Waals surface area contributed by atoms with Crippen LogP contribution in [0, 0.1) is 12.7 Å².